The van der Waals surface area contributed by atoms with Crippen LogP contribution in [-0.4, -0.2) is 23.9 Å². The molecule has 0 unspecified atom stereocenters. The van der Waals surface area contributed by atoms with Crippen LogP contribution in [0.1, 0.15) is 36.8 Å². The number of hydrogen-bond donors (Lipinski definition) is 1. The summed E-state index contributed by atoms with van der Waals surface area (Å²) in [6, 6.07) is 16.6. The quantitative estimate of drug-likeness (QED) is 0.811. The van der Waals surface area contributed by atoms with Gasteiger partial charge in [0.05, 0.1) is 0 Å². The molecule has 138 valence electrons. The molecule has 4 heteroatoms. The first-order valence-electron chi connectivity index (χ1n) is 9.48. The summed E-state index contributed by atoms with van der Waals surface area (Å²) >= 11 is 0. The fourth-order valence-corrected chi connectivity index (χ4v) is 3.52. The summed E-state index contributed by atoms with van der Waals surface area (Å²) in [6.07, 6.45) is 3.73. The van der Waals surface area contributed by atoms with Crippen molar-refractivity contribution in [3.63, 3.8) is 0 Å². The standard InChI is InChI=1S/C22H27FN2O/c23-21-9-5-4-8-20(21)17-25(16-19-6-2-1-3-7-19)22(26)11-10-18-12-14-24-15-13-18/h1-9,18,24H,10-17H2. The summed E-state index contributed by atoms with van der Waals surface area (Å²) in [5, 5.41) is 3.36. The molecule has 0 spiro atoms. The lowest BCUT2D eigenvalue weighted by molar-refractivity contribution is -0.132. The summed E-state index contributed by atoms with van der Waals surface area (Å²) in [5.41, 5.74) is 1.64. The van der Waals surface area contributed by atoms with Crippen molar-refractivity contribution in [3.8, 4) is 0 Å². The van der Waals surface area contributed by atoms with E-state index in [0.717, 1.165) is 37.9 Å². The van der Waals surface area contributed by atoms with E-state index in [9.17, 15) is 9.18 Å². The molecule has 0 radical (unpaired) electrons. The SMILES string of the molecule is O=C(CCC1CCNCC1)N(Cc1ccccc1)Cc1ccccc1F. The van der Waals surface area contributed by atoms with Crippen molar-refractivity contribution in [2.24, 2.45) is 5.92 Å². The van der Waals surface area contributed by atoms with Gasteiger partial charge in [0.25, 0.3) is 0 Å². The predicted molar refractivity (Wildman–Crippen MR) is 102 cm³/mol. The number of nitrogens with one attached hydrogen (secondary N) is 1. The number of benzene rings is 2. The molecule has 3 rings (SSSR count). The number of carbonyl (C=O) groups excluding carboxylic acids is 1. The van der Waals surface area contributed by atoms with Crippen LogP contribution in [0.2, 0.25) is 0 Å². The van der Waals surface area contributed by atoms with Crippen molar-refractivity contribution in [2.45, 2.75) is 38.8 Å². The van der Waals surface area contributed by atoms with E-state index in [1.54, 1.807) is 17.0 Å². The average molecular weight is 354 g/mol. The van der Waals surface area contributed by atoms with Crippen LogP contribution < -0.4 is 5.32 Å². The second kappa shape index (κ2) is 9.48. The van der Waals surface area contributed by atoms with Gasteiger partial charge in [0.1, 0.15) is 5.82 Å². The molecule has 3 nitrogen and oxygen atoms in total. The van der Waals surface area contributed by atoms with Gasteiger partial charge in [0.15, 0.2) is 0 Å². The van der Waals surface area contributed by atoms with E-state index in [0.29, 0.717) is 31.0 Å². The van der Waals surface area contributed by atoms with Gasteiger partial charge in [-0.25, -0.2) is 4.39 Å². The number of piperidine rings is 1. The van der Waals surface area contributed by atoms with Crippen molar-refractivity contribution in [3.05, 3.63) is 71.5 Å². The summed E-state index contributed by atoms with van der Waals surface area (Å²) in [5.74, 6) is 0.472. The highest BCUT2D eigenvalue weighted by molar-refractivity contribution is 5.76. The first-order chi connectivity index (χ1) is 12.7. The van der Waals surface area contributed by atoms with Gasteiger partial charge in [-0.1, -0.05) is 48.5 Å². The predicted octanol–water partition coefficient (Wildman–Crippen LogP) is 4.13. The Bertz CT molecular complexity index is 698. The minimum atomic E-state index is -0.253. The third kappa shape index (κ3) is 5.40. The molecule has 1 saturated heterocycles. The topological polar surface area (TPSA) is 32.3 Å². The molecule has 1 aliphatic rings. The third-order valence-electron chi connectivity index (χ3n) is 5.11. The van der Waals surface area contributed by atoms with Crippen LogP contribution >= 0.6 is 0 Å². The van der Waals surface area contributed by atoms with Crippen molar-refractivity contribution in [1.29, 1.82) is 0 Å². The Morgan fingerprint density at radius 2 is 1.69 bits per heavy atom. The number of carbonyl (C=O) groups is 1. The normalized spacial score (nSPS) is 15.0. The van der Waals surface area contributed by atoms with Gasteiger partial charge in [-0.15, -0.1) is 0 Å². The van der Waals surface area contributed by atoms with E-state index in [2.05, 4.69) is 5.32 Å². The third-order valence-corrected chi connectivity index (χ3v) is 5.11. The van der Waals surface area contributed by atoms with Gasteiger partial charge in [0.2, 0.25) is 5.91 Å². The lowest BCUT2D eigenvalue weighted by Crippen LogP contribution is -2.32. The minimum absolute atomic E-state index is 0.107. The van der Waals surface area contributed by atoms with Crippen LogP contribution in [-0.2, 0) is 17.9 Å². The second-order valence-corrected chi connectivity index (χ2v) is 7.06. The number of halogens is 1. The summed E-state index contributed by atoms with van der Waals surface area (Å²) in [7, 11) is 0. The molecule has 1 aliphatic heterocycles. The van der Waals surface area contributed by atoms with Gasteiger partial charge < -0.3 is 10.2 Å². The molecule has 0 bridgehead atoms. The lowest BCUT2D eigenvalue weighted by atomic mass is 9.93. The van der Waals surface area contributed by atoms with E-state index in [-0.39, 0.29) is 11.7 Å². The maximum atomic E-state index is 14.1. The number of rotatable bonds is 7. The number of nitrogens with zero attached hydrogens (tertiary/aromatic N) is 1. The maximum Gasteiger partial charge on any atom is 0.223 e. The van der Waals surface area contributed by atoms with Crippen LogP contribution in [0.25, 0.3) is 0 Å². The van der Waals surface area contributed by atoms with Crippen LogP contribution in [0.5, 0.6) is 0 Å². The van der Waals surface area contributed by atoms with E-state index >= 15 is 0 Å². The van der Waals surface area contributed by atoms with Gasteiger partial charge in [-0.05, 0) is 49.9 Å². The average Bonchev–Trinajstić information content (AvgIpc) is 2.69. The van der Waals surface area contributed by atoms with Crippen LogP contribution in [0.4, 0.5) is 4.39 Å². The molecule has 1 fully saturated rings. The van der Waals surface area contributed by atoms with Crippen LogP contribution in [0, 0.1) is 11.7 Å². The minimum Gasteiger partial charge on any atom is -0.334 e. The van der Waals surface area contributed by atoms with Crippen LogP contribution in [0.3, 0.4) is 0 Å². The molecular weight excluding hydrogens is 327 g/mol. The van der Waals surface area contributed by atoms with E-state index < -0.39 is 0 Å². The molecule has 1 N–H and O–H groups in total. The van der Waals surface area contributed by atoms with Crippen LogP contribution in [0.15, 0.2) is 54.6 Å². The summed E-state index contributed by atoms with van der Waals surface area (Å²) in [4.78, 5) is 14.7. The highest BCUT2D eigenvalue weighted by Gasteiger charge is 2.19. The summed E-state index contributed by atoms with van der Waals surface area (Å²) in [6.45, 7) is 2.91. The first kappa shape index (κ1) is 18.6. The van der Waals surface area contributed by atoms with E-state index in [4.69, 9.17) is 0 Å². The fraction of sp³-hybridized carbons (Fsp3) is 0.409. The zero-order chi connectivity index (χ0) is 18.2. The zero-order valence-electron chi connectivity index (χ0n) is 15.2. The van der Waals surface area contributed by atoms with E-state index in [1.165, 1.54) is 6.07 Å². The van der Waals surface area contributed by atoms with Crippen molar-refractivity contribution < 1.29 is 9.18 Å². The van der Waals surface area contributed by atoms with Crippen molar-refractivity contribution in [2.75, 3.05) is 13.1 Å². The Labute approximate surface area is 155 Å². The Balaban J connectivity index is 1.66. The van der Waals surface area contributed by atoms with Gasteiger partial charge >= 0.3 is 0 Å². The highest BCUT2D eigenvalue weighted by atomic mass is 19.1. The summed E-state index contributed by atoms with van der Waals surface area (Å²) < 4.78 is 14.1. The second-order valence-electron chi connectivity index (χ2n) is 7.06. The monoisotopic (exact) mass is 354 g/mol. The van der Waals surface area contributed by atoms with Gasteiger partial charge in [-0.2, -0.15) is 0 Å². The van der Waals surface area contributed by atoms with E-state index in [1.807, 2.05) is 36.4 Å². The molecule has 0 aliphatic carbocycles. The molecule has 2 aromatic rings. The first-order valence-corrected chi connectivity index (χ1v) is 9.48. The largest absolute Gasteiger partial charge is 0.334 e. The Kier molecular flexibility index (Phi) is 6.78. The fourth-order valence-electron chi connectivity index (χ4n) is 3.52. The molecule has 0 aromatic heterocycles. The number of amides is 1. The molecule has 26 heavy (non-hydrogen) atoms. The van der Waals surface area contributed by atoms with Gasteiger partial charge in [0, 0.05) is 25.1 Å². The molecule has 1 amide bonds. The Morgan fingerprint density at radius 3 is 2.42 bits per heavy atom. The molecular formula is C22H27FN2O. The lowest BCUT2D eigenvalue weighted by Gasteiger charge is -2.26. The Morgan fingerprint density at radius 1 is 1.00 bits per heavy atom. The molecule has 0 atom stereocenters. The maximum absolute atomic E-state index is 14.1. The van der Waals surface area contributed by atoms with Crippen molar-refractivity contribution >= 4 is 5.91 Å². The molecule has 2 aromatic carbocycles. The molecule has 0 saturated carbocycles. The Hall–Kier alpha value is -2.20. The zero-order valence-corrected chi connectivity index (χ0v) is 15.2. The highest BCUT2D eigenvalue weighted by Crippen LogP contribution is 2.20. The van der Waals surface area contributed by atoms with Gasteiger partial charge in [-0.3, -0.25) is 4.79 Å². The molecule has 1 heterocycles. The van der Waals surface area contributed by atoms with Crippen molar-refractivity contribution in [1.82, 2.24) is 10.2 Å². The number of hydrogen-bond acceptors (Lipinski definition) is 2. The smallest absolute Gasteiger partial charge is 0.223 e.